The second-order valence-corrected chi connectivity index (χ2v) is 7.35. The summed E-state index contributed by atoms with van der Waals surface area (Å²) in [6.45, 7) is 4.02. The second-order valence-electron chi connectivity index (χ2n) is 6.40. The lowest BCUT2D eigenvalue weighted by Crippen LogP contribution is -2.22. The van der Waals surface area contributed by atoms with E-state index in [1.54, 1.807) is 0 Å². The van der Waals surface area contributed by atoms with Crippen LogP contribution in [-0.4, -0.2) is 23.0 Å². The first kappa shape index (κ1) is 16.8. The van der Waals surface area contributed by atoms with Crippen LogP contribution < -0.4 is 10.6 Å². The van der Waals surface area contributed by atoms with Gasteiger partial charge in [0.05, 0.1) is 5.75 Å². The summed E-state index contributed by atoms with van der Waals surface area (Å²) in [7, 11) is 0. The number of carbonyl (C=O) groups excluding carboxylic acids is 1. The number of anilines is 2. The van der Waals surface area contributed by atoms with E-state index in [0.717, 1.165) is 22.5 Å². The van der Waals surface area contributed by atoms with Gasteiger partial charge in [-0.3, -0.25) is 4.79 Å². The Hall–Kier alpha value is -2.67. The van der Waals surface area contributed by atoms with Crippen LogP contribution in [0.4, 0.5) is 11.4 Å². The van der Waals surface area contributed by atoms with Crippen LogP contribution >= 0.6 is 11.8 Å². The Balaban J connectivity index is 1.36. The normalized spacial score (nSPS) is 20.0. The summed E-state index contributed by atoms with van der Waals surface area (Å²) in [6, 6.07) is 13.9. The van der Waals surface area contributed by atoms with Crippen molar-refractivity contribution in [2.75, 3.05) is 16.4 Å². The van der Waals surface area contributed by atoms with E-state index in [-0.39, 0.29) is 23.9 Å². The Morgan fingerprint density at radius 3 is 2.92 bits per heavy atom. The van der Waals surface area contributed by atoms with Crippen molar-refractivity contribution in [1.82, 2.24) is 0 Å². The maximum absolute atomic E-state index is 12.2. The predicted molar refractivity (Wildman–Crippen MR) is 106 cm³/mol. The third-order valence-corrected chi connectivity index (χ3v) is 5.24. The molecule has 2 atom stereocenters. The summed E-state index contributed by atoms with van der Waals surface area (Å²) in [5.74, 6) is 0.167. The number of fused-ring (bicyclic) bond motifs is 3. The summed E-state index contributed by atoms with van der Waals surface area (Å²) >= 11 is 1.30. The molecular weight excluding hydrogens is 346 g/mol. The molecule has 0 bridgehead atoms. The number of azo groups is 1. The molecule has 7 heteroatoms. The number of amidine groups is 1. The Labute approximate surface area is 156 Å². The first-order valence-electron chi connectivity index (χ1n) is 8.44. The molecule has 0 saturated heterocycles. The van der Waals surface area contributed by atoms with Crippen molar-refractivity contribution in [3.8, 4) is 0 Å². The smallest absolute Gasteiger partial charge is 0.234 e. The third kappa shape index (κ3) is 3.35. The van der Waals surface area contributed by atoms with Gasteiger partial charge in [-0.2, -0.15) is 5.11 Å². The maximum atomic E-state index is 12.2. The SMILES string of the molecule is Cc1ccc(NC(=O)CSC2=N[C@@H]3Nc4ccccc4[C@@H]3N=N2)c(C)c1. The van der Waals surface area contributed by atoms with Crippen LogP contribution in [0.15, 0.2) is 57.7 Å². The molecule has 6 nitrogen and oxygen atoms in total. The molecule has 2 aromatic carbocycles. The van der Waals surface area contributed by atoms with E-state index in [1.165, 1.54) is 17.3 Å². The van der Waals surface area contributed by atoms with E-state index in [4.69, 9.17) is 0 Å². The molecule has 0 aromatic heterocycles. The zero-order chi connectivity index (χ0) is 18.1. The molecule has 0 fully saturated rings. The third-order valence-electron chi connectivity index (χ3n) is 4.39. The molecule has 2 heterocycles. The van der Waals surface area contributed by atoms with E-state index >= 15 is 0 Å². The highest BCUT2D eigenvalue weighted by Crippen LogP contribution is 2.39. The number of hydrogen-bond acceptors (Lipinski definition) is 6. The van der Waals surface area contributed by atoms with E-state index < -0.39 is 0 Å². The van der Waals surface area contributed by atoms with Crippen LogP contribution in [-0.2, 0) is 4.79 Å². The van der Waals surface area contributed by atoms with Gasteiger partial charge in [0.1, 0.15) is 6.04 Å². The summed E-state index contributed by atoms with van der Waals surface area (Å²) in [6.07, 6.45) is -0.144. The Morgan fingerprint density at radius 1 is 1.23 bits per heavy atom. The summed E-state index contributed by atoms with van der Waals surface area (Å²) < 4.78 is 0. The van der Waals surface area contributed by atoms with Crippen LogP contribution in [0, 0.1) is 13.8 Å². The molecule has 1 amide bonds. The van der Waals surface area contributed by atoms with Crippen LogP contribution in [0.2, 0.25) is 0 Å². The standard InChI is InChI=1S/C19H19N5OS/c1-11-7-8-14(12(2)9-11)20-16(25)10-26-19-22-18-17(23-24-19)13-5-3-4-6-15(13)21-18/h3-9,17-18,21H,10H2,1-2H3,(H,20,25)/t17-,18-/m0/s1. The van der Waals surface area contributed by atoms with Crippen molar-refractivity contribution in [1.29, 1.82) is 0 Å². The molecule has 2 aliphatic rings. The number of nitrogens with zero attached hydrogens (tertiary/aromatic N) is 3. The summed E-state index contributed by atoms with van der Waals surface area (Å²) in [5, 5.41) is 15.4. The molecule has 26 heavy (non-hydrogen) atoms. The molecule has 2 N–H and O–H groups in total. The number of carbonyl (C=O) groups is 1. The van der Waals surface area contributed by atoms with E-state index in [0.29, 0.717) is 5.17 Å². The molecule has 2 aliphatic heterocycles. The first-order chi connectivity index (χ1) is 12.6. The molecular formula is C19H19N5OS. The van der Waals surface area contributed by atoms with Crippen molar-refractivity contribution in [2.45, 2.75) is 26.1 Å². The number of nitrogens with one attached hydrogen (secondary N) is 2. The number of thioether (sulfide) groups is 1. The van der Waals surface area contributed by atoms with Gasteiger partial charge in [0.15, 0.2) is 6.17 Å². The van der Waals surface area contributed by atoms with E-state index in [1.807, 2.05) is 56.3 Å². The first-order valence-corrected chi connectivity index (χ1v) is 9.43. The van der Waals surface area contributed by atoms with Crippen molar-refractivity contribution in [2.24, 2.45) is 15.2 Å². The molecule has 132 valence electrons. The monoisotopic (exact) mass is 365 g/mol. The summed E-state index contributed by atoms with van der Waals surface area (Å²) in [5.41, 5.74) is 5.22. The average Bonchev–Trinajstić information content (AvgIpc) is 3.00. The van der Waals surface area contributed by atoms with Crippen LogP contribution in [0.1, 0.15) is 22.7 Å². The van der Waals surface area contributed by atoms with Gasteiger partial charge >= 0.3 is 0 Å². The zero-order valence-electron chi connectivity index (χ0n) is 14.6. The molecule has 4 rings (SSSR count). The Morgan fingerprint density at radius 2 is 2.08 bits per heavy atom. The Kier molecular flexibility index (Phi) is 4.46. The quantitative estimate of drug-likeness (QED) is 0.852. The van der Waals surface area contributed by atoms with Gasteiger partial charge < -0.3 is 10.6 Å². The number of rotatable bonds is 3. The lowest BCUT2D eigenvalue weighted by Gasteiger charge is -2.16. The minimum Gasteiger partial charge on any atom is -0.361 e. The Bertz CT molecular complexity index is 924. The zero-order valence-corrected chi connectivity index (χ0v) is 15.4. The number of benzene rings is 2. The number of amides is 1. The van der Waals surface area contributed by atoms with Crippen LogP contribution in [0.25, 0.3) is 0 Å². The lowest BCUT2D eigenvalue weighted by atomic mass is 10.1. The largest absolute Gasteiger partial charge is 0.361 e. The molecule has 0 saturated carbocycles. The average molecular weight is 365 g/mol. The molecule has 0 spiro atoms. The van der Waals surface area contributed by atoms with Crippen LogP contribution in [0.3, 0.4) is 0 Å². The van der Waals surface area contributed by atoms with Crippen molar-refractivity contribution in [3.05, 3.63) is 59.2 Å². The van der Waals surface area contributed by atoms with Gasteiger partial charge in [0.25, 0.3) is 0 Å². The number of hydrogen-bond donors (Lipinski definition) is 2. The highest BCUT2D eigenvalue weighted by molar-refractivity contribution is 8.14. The van der Waals surface area contributed by atoms with Crippen molar-refractivity contribution in [3.63, 3.8) is 0 Å². The highest BCUT2D eigenvalue weighted by Gasteiger charge is 2.34. The second kappa shape index (κ2) is 6.92. The van der Waals surface area contributed by atoms with Gasteiger partial charge in [-0.25, -0.2) is 4.99 Å². The molecule has 0 aliphatic carbocycles. The fourth-order valence-corrected chi connectivity index (χ4v) is 3.74. The molecule has 2 aromatic rings. The fourth-order valence-electron chi connectivity index (χ4n) is 3.12. The predicted octanol–water partition coefficient (Wildman–Crippen LogP) is 4.29. The molecule has 0 unspecified atom stereocenters. The van der Waals surface area contributed by atoms with Gasteiger partial charge in [0, 0.05) is 16.9 Å². The lowest BCUT2D eigenvalue weighted by molar-refractivity contribution is -0.113. The van der Waals surface area contributed by atoms with Crippen LogP contribution in [0.5, 0.6) is 0 Å². The van der Waals surface area contributed by atoms with Gasteiger partial charge in [-0.15, -0.1) is 5.11 Å². The fraction of sp³-hybridized carbons (Fsp3) is 0.263. The van der Waals surface area contributed by atoms with Crippen molar-refractivity contribution >= 4 is 34.2 Å². The van der Waals surface area contributed by atoms with Gasteiger partial charge in [0.2, 0.25) is 11.1 Å². The minimum absolute atomic E-state index is 0.0790. The van der Waals surface area contributed by atoms with Crippen molar-refractivity contribution < 1.29 is 4.79 Å². The highest BCUT2D eigenvalue weighted by atomic mass is 32.2. The van der Waals surface area contributed by atoms with Gasteiger partial charge in [-0.05, 0) is 31.5 Å². The maximum Gasteiger partial charge on any atom is 0.234 e. The topological polar surface area (TPSA) is 78.2 Å². The number of aryl methyl sites for hydroxylation is 2. The van der Waals surface area contributed by atoms with E-state index in [9.17, 15) is 4.79 Å². The number of aliphatic imine (C=N–C) groups is 1. The minimum atomic E-state index is -0.144. The van der Waals surface area contributed by atoms with E-state index in [2.05, 4.69) is 25.9 Å². The molecule has 0 radical (unpaired) electrons. The van der Waals surface area contributed by atoms with Gasteiger partial charge in [-0.1, -0.05) is 47.7 Å². The number of para-hydroxylation sites is 1. The summed E-state index contributed by atoms with van der Waals surface area (Å²) in [4.78, 5) is 16.8.